The van der Waals surface area contributed by atoms with Gasteiger partial charge in [0.15, 0.2) is 9.84 Å². The van der Waals surface area contributed by atoms with Crippen LogP contribution in [0.5, 0.6) is 0 Å². The minimum atomic E-state index is -3.56. The fourth-order valence-electron chi connectivity index (χ4n) is 2.80. The zero-order valence-corrected chi connectivity index (χ0v) is 16.5. The van der Waals surface area contributed by atoms with E-state index in [0.717, 1.165) is 16.1 Å². The van der Waals surface area contributed by atoms with Gasteiger partial charge < -0.3 is 9.64 Å². The molecule has 0 spiro atoms. The van der Waals surface area contributed by atoms with Gasteiger partial charge in [0, 0.05) is 24.0 Å². The zero-order valence-electron chi connectivity index (χ0n) is 14.8. The van der Waals surface area contributed by atoms with Gasteiger partial charge in [0.05, 0.1) is 24.2 Å². The Kier molecular flexibility index (Phi) is 5.74. The number of benzene rings is 1. The Bertz CT molecular complexity index is 875. The molecule has 140 valence electrons. The number of aryl methyl sites for hydroxylation is 1. The number of carbonyl (C=O) groups excluding carboxylic acids is 1. The fourth-order valence-corrected chi connectivity index (χ4v) is 4.99. The largest absolute Gasteiger partial charge is 0.375 e. The average molecular weight is 395 g/mol. The number of nitrogens with zero attached hydrogens (tertiary/aromatic N) is 2. The molecule has 0 saturated carbocycles. The molecule has 1 saturated heterocycles. The smallest absolute Gasteiger partial charge is 0.237 e. The Labute approximate surface area is 157 Å². The first-order valence-corrected chi connectivity index (χ1v) is 11.1. The zero-order chi connectivity index (χ0) is 18.7. The molecular formula is C18H22N2O4S2. The molecule has 1 aromatic carbocycles. The summed E-state index contributed by atoms with van der Waals surface area (Å²) in [6, 6.07) is 7.93. The van der Waals surface area contributed by atoms with Gasteiger partial charge in [0.1, 0.15) is 10.8 Å². The normalized spacial score (nSPS) is 18.1. The summed E-state index contributed by atoms with van der Waals surface area (Å²) in [5.74, 6) is -1.08. The Morgan fingerprint density at radius 1 is 1.35 bits per heavy atom. The van der Waals surface area contributed by atoms with Gasteiger partial charge in [-0.2, -0.15) is 0 Å². The first-order valence-electron chi connectivity index (χ1n) is 8.44. The number of amides is 1. The summed E-state index contributed by atoms with van der Waals surface area (Å²) in [5.41, 5.74) is 2.60. The molecule has 8 heteroatoms. The van der Waals surface area contributed by atoms with Crippen LogP contribution in [0.15, 0.2) is 29.6 Å². The van der Waals surface area contributed by atoms with Gasteiger partial charge >= 0.3 is 0 Å². The van der Waals surface area contributed by atoms with Crippen molar-refractivity contribution in [2.24, 2.45) is 0 Å². The first-order chi connectivity index (χ1) is 12.3. The third-order valence-electron chi connectivity index (χ3n) is 4.16. The van der Waals surface area contributed by atoms with Crippen LogP contribution in [0.3, 0.4) is 0 Å². The summed E-state index contributed by atoms with van der Waals surface area (Å²) in [7, 11) is -3.56. The number of ether oxygens (including phenoxy) is 1. The van der Waals surface area contributed by atoms with Crippen molar-refractivity contribution in [2.45, 2.75) is 25.7 Å². The molecule has 2 heterocycles. The number of morpholine rings is 1. The van der Waals surface area contributed by atoms with Crippen LogP contribution < -0.4 is 0 Å². The summed E-state index contributed by atoms with van der Waals surface area (Å²) in [6.07, 6.45) is -0.0639. The number of aromatic nitrogens is 1. The van der Waals surface area contributed by atoms with Crippen molar-refractivity contribution < 1.29 is 17.9 Å². The first kappa shape index (κ1) is 19.0. The van der Waals surface area contributed by atoms with E-state index in [-0.39, 0.29) is 17.8 Å². The van der Waals surface area contributed by atoms with Crippen molar-refractivity contribution in [3.05, 3.63) is 40.9 Å². The molecule has 1 fully saturated rings. The molecule has 1 aliphatic rings. The molecule has 1 aliphatic heterocycles. The van der Waals surface area contributed by atoms with Crippen LogP contribution in [0, 0.1) is 6.92 Å². The SMILES string of the molecule is Cc1ccc(-c2nc(CS(=O)(=O)CC(=O)N3CCOC(C)C3)cs2)cc1. The Hall–Kier alpha value is -1.77. The van der Waals surface area contributed by atoms with Gasteiger partial charge in [-0.05, 0) is 13.8 Å². The maximum absolute atomic E-state index is 12.4. The maximum Gasteiger partial charge on any atom is 0.237 e. The van der Waals surface area contributed by atoms with Crippen molar-refractivity contribution in [2.75, 3.05) is 25.4 Å². The monoisotopic (exact) mass is 394 g/mol. The van der Waals surface area contributed by atoms with Gasteiger partial charge in [0.25, 0.3) is 0 Å². The lowest BCUT2D eigenvalue weighted by atomic mass is 10.2. The predicted molar refractivity (Wildman–Crippen MR) is 102 cm³/mol. The molecule has 2 aromatic rings. The van der Waals surface area contributed by atoms with Crippen LogP contribution in [-0.4, -0.2) is 55.8 Å². The molecule has 0 radical (unpaired) electrons. The van der Waals surface area contributed by atoms with Crippen molar-refractivity contribution in [3.8, 4) is 10.6 Å². The number of rotatable bonds is 5. The maximum atomic E-state index is 12.4. The molecular weight excluding hydrogens is 372 g/mol. The van der Waals surface area contributed by atoms with Gasteiger partial charge in [-0.15, -0.1) is 11.3 Å². The van der Waals surface area contributed by atoms with Crippen LogP contribution in [0.2, 0.25) is 0 Å². The van der Waals surface area contributed by atoms with Crippen molar-refractivity contribution in [3.63, 3.8) is 0 Å². The third kappa shape index (κ3) is 4.90. The third-order valence-corrected chi connectivity index (χ3v) is 6.52. The van der Waals surface area contributed by atoms with Crippen LogP contribution in [0.1, 0.15) is 18.2 Å². The van der Waals surface area contributed by atoms with Crippen molar-refractivity contribution in [1.29, 1.82) is 0 Å². The van der Waals surface area contributed by atoms with E-state index in [1.165, 1.54) is 11.3 Å². The summed E-state index contributed by atoms with van der Waals surface area (Å²) in [4.78, 5) is 18.3. The van der Waals surface area contributed by atoms with Crippen LogP contribution in [0.4, 0.5) is 0 Å². The fraction of sp³-hybridized carbons (Fsp3) is 0.444. The van der Waals surface area contributed by atoms with E-state index in [0.29, 0.717) is 25.4 Å². The molecule has 1 amide bonds. The molecule has 0 N–H and O–H groups in total. The van der Waals surface area contributed by atoms with Crippen LogP contribution in [-0.2, 0) is 25.1 Å². The second-order valence-electron chi connectivity index (χ2n) is 6.56. The molecule has 26 heavy (non-hydrogen) atoms. The summed E-state index contributed by atoms with van der Waals surface area (Å²) >= 11 is 1.41. The minimum Gasteiger partial charge on any atom is -0.375 e. The van der Waals surface area contributed by atoms with E-state index in [4.69, 9.17) is 4.74 Å². The molecule has 1 unspecified atom stereocenters. The second-order valence-corrected chi connectivity index (χ2v) is 9.49. The lowest BCUT2D eigenvalue weighted by molar-refractivity contribution is -0.135. The Morgan fingerprint density at radius 2 is 2.08 bits per heavy atom. The van der Waals surface area contributed by atoms with Crippen molar-refractivity contribution >= 4 is 27.1 Å². The quantitative estimate of drug-likeness (QED) is 0.778. The number of carbonyl (C=O) groups is 1. The second kappa shape index (κ2) is 7.85. The van der Waals surface area contributed by atoms with Crippen LogP contribution >= 0.6 is 11.3 Å². The number of hydrogen-bond donors (Lipinski definition) is 0. The Balaban J connectivity index is 1.64. The average Bonchev–Trinajstić information content (AvgIpc) is 3.02. The minimum absolute atomic E-state index is 0.0639. The number of thiazole rings is 1. The number of sulfone groups is 1. The molecule has 6 nitrogen and oxygen atoms in total. The lowest BCUT2D eigenvalue weighted by Crippen LogP contribution is -2.46. The molecule has 1 aromatic heterocycles. The highest BCUT2D eigenvalue weighted by Crippen LogP contribution is 2.25. The topological polar surface area (TPSA) is 76.6 Å². The van der Waals surface area contributed by atoms with E-state index >= 15 is 0 Å². The molecule has 1 atom stereocenters. The summed E-state index contributed by atoms with van der Waals surface area (Å²) in [6.45, 7) is 5.19. The van der Waals surface area contributed by atoms with Gasteiger partial charge in [-0.1, -0.05) is 29.8 Å². The van der Waals surface area contributed by atoms with Crippen molar-refractivity contribution in [1.82, 2.24) is 9.88 Å². The van der Waals surface area contributed by atoms with Gasteiger partial charge in [-0.3, -0.25) is 4.79 Å². The molecule has 0 aliphatic carbocycles. The van der Waals surface area contributed by atoms with Gasteiger partial charge in [0.2, 0.25) is 5.91 Å². The molecule has 3 rings (SSSR count). The van der Waals surface area contributed by atoms with E-state index in [1.54, 1.807) is 10.3 Å². The van der Waals surface area contributed by atoms with E-state index < -0.39 is 15.6 Å². The highest BCUT2D eigenvalue weighted by Gasteiger charge is 2.26. The molecule has 0 bridgehead atoms. The van der Waals surface area contributed by atoms with Crippen LogP contribution in [0.25, 0.3) is 10.6 Å². The van der Waals surface area contributed by atoms with E-state index in [9.17, 15) is 13.2 Å². The number of hydrogen-bond acceptors (Lipinski definition) is 6. The highest BCUT2D eigenvalue weighted by molar-refractivity contribution is 7.91. The highest BCUT2D eigenvalue weighted by atomic mass is 32.2. The predicted octanol–water partition coefficient (Wildman–Crippen LogP) is 2.28. The summed E-state index contributed by atoms with van der Waals surface area (Å²) in [5, 5.41) is 2.53. The standard InChI is InChI=1S/C18H22N2O4S2/c1-13-3-5-15(6-4-13)18-19-16(10-25-18)11-26(22,23)12-17(21)20-7-8-24-14(2)9-20/h3-6,10,14H,7-9,11-12H2,1-2H3. The summed E-state index contributed by atoms with van der Waals surface area (Å²) < 4.78 is 30.2. The van der Waals surface area contributed by atoms with E-state index in [1.807, 2.05) is 38.1 Å². The van der Waals surface area contributed by atoms with Gasteiger partial charge in [-0.25, -0.2) is 13.4 Å². The van der Waals surface area contributed by atoms with E-state index in [2.05, 4.69) is 4.98 Å². The lowest BCUT2D eigenvalue weighted by Gasteiger charge is -2.31. The Morgan fingerprint density at radius 3 is 2.77 bits per heavy atom.